The molecule has 24 heavy (non-hydrogen) atoms. The highest BCUT2D eigenvalue weighted by Gasteiger charge is 2.21. The second-order valence-corrected chi connectivity index (χ2v) is 5.31. The predicted octanol–water partition coefficient (Wildman–Crippen LogP) is 0.177. The average Bonchev–Trinajstić information content (AvgIpc) is 2.51. The number of carboxylic acid groups (broad SMARTS) is 1. The number of hydrogen-bond donors (Lipinski definition) is 3. The number of carbonyl (C=O) groups excluding carboxylic acids is 1. The number of benzene rings is 1. The van der Waals surface area contributed by atoms with E-state index in [0.717, 1.165) is 5.56 Å². The number of carboxylic acids is 1. The molecular formula is C16H17N3O5. The van der Waals surface area contributed by atoms with Crippen LogP contribution in [-0.4, -0.2) is 26.5 Å². The molecule has 1 heterocycles. The monoisotopic (exact) mass is 331 g/mol. The summed E-state index contributed by atoms with van der Waals surface area (Å²) in [5, 5.41) is 11.8. The van der Waals surface area contributed by atoms with Gasteiger partial charge in [-0.3, -0.25) is 14.6 Å². The molecule has 0 fully saturated rings. The summed E-state index contributed by atoms with van der Waals surface area (Å²) in [6.07, 6.45) is 1.19. The molecule has 1 amide bonds. The Bertz CT molecular complexity index is 868. The van der Waals surface area contributed by atoms with E-state index in [2.05, 4.69) is 10.3 Å². The van der Waals surface area contributed by atoms with Crippen LogP contribution in [0.5, 0.6) is 0 Å². The third kappa shape index (κ3) is 4.42. The lowest BCUT2D eigenvalue weighted by Crippen LogP contribution is -2.35. The van der Waals surface area contributed by atoms with E-state index < -0.39 is 29.2 Å². The van der Waals surface area contributed by atoms with Gasteiger partial charge in [-0.2, -0.15) is 0 Å². The fourth-order valence-corrected chi connectivity index (χ4v) is 2.21. The van der Waals surface area contributed by atoms with E-state index in [4.69, 9.17) is 0 Å². The summed E-state index contributed by atoms with van der Waals surface area (Å²) in [5.74, 6) is -1.68. The summed E-state index contributed by atoms with van der Waals surface area (Å²) in [7, 11) is 0. The summed E-state index contributed by atoms with van der Waals surface area (Å²) >= 11 is 0. The van der Waals surface area contributed by atoms with E-state index in [1.165, 1.54) is 16.8 Å². The smallest absolute Gasteiger partial charge is 0.330 e. The maximum absolute atomic E-state index is 12.0. The van der Waals surface area contributed by atoms with Crippen molar-refractivity contribution in [2.45, 2.75) is 25.9 Å². The van der Waals surface area contributed by atoms with Gasteiger partial charge >= 0.3 is 11.7 Å². The minimum Gasteiger partial charge on any atom is -0.479 e. The van der Waals surface area contributed by atoms with E-state index in [1.807, 2.05) is 13.0 Å². The third-order valence-electron chi connectivity index (χ3n) is 3.40. The van der Waals surface area contributed by atoms with Gasteiger partial charge < -0.3 is 15.0 Å². The van der Waals surface area contributed by atoms with Crippen molar-refractivity contribution in [2.75, 3.05) is 0 Å². The Labute approximate surface area is 136 Å². The maximum atomic E-state index is 12.0. The molecule has 1 unspecified atom stereocenters. The van der Waals surface area contributed by atoms with Gasteiger partial charge in [0, 0.05) is 25.2 Å². The Morgan fingerprint density at radius 3 is 2.67 bits per heavy atom. The van der Waals surface area contributed by atoms with Crippen molar-refractivity contribution in [1.82, 2.24) is 14.9 Å². The molecule has 8 heteroatoms. The van der Waals surface area contributed by atoms with Crippen LogP contribution in [0.4, 0.5) is 0 Å². The van der Waals surface area contributed by atoms with Gasteiger partial charge in [0.1, 0.15) is 0 Å². The number of nitrogens with zero attached hydrogens (tertiary/aromatic N) is 1. The van der Waals surface area contributed by atoms with Crippen molar-refractivity contribution in [3.63, 3.8) is 0 Å². The van der Waals surface area contributed by atoms with E-state index in [9.17, 15) is 24.3 Å². The highest BCUT2D eigenvalue weighted by atomic mass is 16.4. The van der Waals surface area contributed by atoms with Gasteiger partial charge in [0.2, 0.25) is 5.91 Å². The lowest BCUT2D eigenvalue weighted by atomic mass is 10.0. The summed E-state index contributed by atoms with van der Waals surface area (Å²) in [6, 6.07) is 6.86. The first-order chi connectivity index (χ1) is 11.4. The molecule has 8 nitrogen and oxygen atoms in total. The fraction of sp³-hybridized carbons (Fsp3) is 0.250. The number of aromatic amines is 1. The lowest BCUT2D eigenvalue weighted by Gasteiger charge is -2.15. The molecule has 1 aromatic carbocycles. The Hall–Kier alpha value is -3.16. The Balaban J connectivity index is 2.04. The fourth-order valence-electron chi connectivity index (χ4n) is 2.21. The number of amides is 1. The molecule has 2 aromatic rings. The second kappa shape index (κ2) is 7.40. The molecule has 1 aromatic heterocycles. The summed E-state index contributed by atoms with van der Waals surface area (Å²) in [5.41, 5.74) is 0.208. The Kier molecular flexibility index (Phi) is 5.31. The van der Waals surface area contributed by atoms with Crippen molar-refractivity contribution in [2.24, 2.45) is 0 Å². The van der Waals surface area contributed by atoms with E-state index in [1.54, 1.807) is 18.2 Å². The number of nitrogens with one attached hydrogen (secondary N) is 2. The van der Waals surface area contributed by atoms with Crippen LogP contribution in [0.3, 0.4) is 0 Å². The van der Waals surface area contributed by atoms with Crippen LogP contribution >= 0.6 is 0 Å². The molecule has 3 N–H and O–H groups in total. The van der Waals surface area contributed by atoms with Crippen LogP contribution in [-0.2, 0) is 16.1 Å². The Morgan fingerprint density at radius 2 is 2.04 bits per heavy atom. The van der Waals surface area contributed by atoms with Crippen molar-refractivity contribution in [1.29, 1.82) is 0 Å². The summed E-state index contributed by atoms with van der Waals surface area (Å²) in [6.45, 7) is 1.86. The number of H-pyrrole nitrogens is 1. The zero-order valence-corrected chi connectivity index (χ0v) is 13.0. The minimum atomic E-state index is -1.17. The standard InChI is InChI=1S/C16H17N3O5/c1-10-3-2-4-11(9-10)14(15(22)23)17-12(20)5-7-19-8-6-13(21)18-16(19)24/h2-4,6,8-9,14H,5,7H2,1H3,(H,17,20)(H,22,23)(H,18,21,24). The Morgan fingerprint density at radius 1 is 1.29 bits per heavy atom. The van der Waals surface area contributed by atoms with E-state index in [-0.39, 0.29) is 13.0 Å². The molecule has 1 atom stereocenters. The highest BCUT2D eigenvalue weighted by molar-refractivity contribution is 5.84. The van der Waals surface area contributed by atoms with Gasteiger partial charge in [-0.1, -0.05) is 29.8 Å². The molecule has 0 aliphatic carbocycles. The molecule has 0 radical (unpaired) electrons. The van der Waals surface area contributed by atoms with Crippen molar-refractivity contribution < 1.29 is 14.7 Å². The van der Waals surface area contributed by atoms with Crippen molar-refractivity contribution in [3.05, 3.63) is 68.5 Å². The van der Waals surface area contributed by atoms with Gasteiger partial charge in [0.05, 0.1) is 0 Å². The molecule has 0 saturated carbocycles. The number of aromatic nitrogens is 2. The lowest BCUT2D eigenvalue weighted by molar-refractivity contribution is -0.142. The van der Waals surface area contributed by atoms with Crippen LogP contribution < -0.4 is 16.6 Å². The molecular weight excluding hydrogens is 314 g/mol. The van der Waals surface area contributed by atoms with Gasteiger partial charge in [-0.25, -0.2) is 9.59 Å². The number of aliphatic carboxylic acids is 1. The van der Waals surface area contributed by atoms with Gasteiger partial charge in [0.15, 0.2) is 6.04 Å². The number of hydrogen-bond acceptors (Lipinski definition) is 4. The van der Waals surface area contributed by atoms with Crippen LogP contribution in [0.15, 0.2) is 46.1 Å². The molecule has 0 spiro atoms. The van der Waals surface area contributed by atoms with Gasteiger partial charge in [-0.05, 0) is 12.5 Å². The molecule has 0 aliphatic rings. The van der Waals surface area contributed by atoms with E-state index >= 15 is 0 Å². The SMILES string of the molecule is Cc1cccc(C(NC(=O)CCn2ccc(=O)[nH]c2=O)C(=O)O)c1. The van der Waals surface area contributed by atoms with Crippen LogP contribution in [0, 0.1) is 6.92 Å². The first-order valence-electron chi connectivity index (χ1n) is 7.25. The van der Waals surface area contributed by atoms with Gasteiger partial charge in [-0.15, -0.1) is 0 Å². The second-order valence-electron chi connectivity index (χ2n) is 5.31. The molecule has 0 aliphatic heterocycles. The highest BCUT2D eigenvalue weighted by Crippen LogP contribution is 2.15. The van der Waals surface area contributed by atoms with Crippen molar-refractivity contribution >= 4 is 11.9 Å². The quantitative estimate of drug-likeness (QED) is 0.697. The number of carbonyl (C=O) groups is 2. The summed E-state index contributed by atoms with van der Waals surface area (Å²) < 4.78 is 1.17. The van der Waals surface area contributed by atoms with Gasteiger partial charge in [0.25, 0.3) is 5.56 Å². The van der Waals surface area contributed by atoms with Crippen LogP contribution in [0.1, 0.15) is 23.6 Å². The molecule has 2 rings (SSSR count). The zero-order valence-electron chi connectivity index (χ0n) is 13.0. The average molecular weight is 331 g/mol. The molecule has 0 saturated heterocycles. The third-order valence-corrected chi connectivity index (χ3v) is 3.40. The molecule has 126 valence electrons. The normalized spacial score (nSPS) is 11.7. The summed E-state index contributed by atoms with van der Waals surface area (Å²) in [4.78, 5) is 48.0. The predicted molar refractivity (Wildman–Crippen MR) is 85.6 cm³/mol. The number of rotatable bonds is 6. The topological polar surface area (TPSA) is 121 Å². The van der Waals surface area contributed by atoms with Crippen molar-refractivity contribution in [3.8, 4) is 0 Å². The largest absolute Gasteiger partial charge is 0.479 e. The minimum absolute atomic E-state index is 0.0294. The number of aryl methyl sites for hydroxylation is 2. The zero-order chi connectivity index (χ0) is 17.7. The molecule has 0 bridgehead atoms. The first-order valence-corrected chi connectivity index (χ1v) is 7.25. The van der Waals surface area contributed by atoms with Crippen LogP contribution in [0.25, 0.3) is 0 Å². The van der Waals surface area contributed by atoms with E-state index in [0.29, 0.717) is 5.56 Å². The van der Waals surface area contributed by atoms with Crippen LogP contribution in [0.2, 0.25) is 0 Å². The maximum Gasteiger partial charge on any atom is 0.330 e. The first kappa shape index (κ1) is 17.2.